The molecule has 0 fully saturated rings. The topological polar surface area (TPSA) is 66.9 Å². The lowest BCUT2D eigenvalue weighted by molar-refractivity contribution is 0.102. The second kappa shape index (κ2) is 6.47. The number of rotatable bonds is 5. The maximum absolute atomic E-state index is 12.1. The first kappa shape index (κ1) is 13.7. The number of para-hydroxylation sites is 1. The molecule has 2 N–H and O–H groups in total. The van der Waals surface area contributed by atoms with Gasteiger partial charge in [0.2, 0.25) is 0 Å². The molecule has 5 heteroatoms. The van der Waals surface area contributed by atoms with Crippen LogP contribution in [0.4, 0.5) is 11.5 Å². The van der Waals surface area contributed by atoms with Gasteiger partial charge in [0.1, 0.15) is 17.3 Å². The predicted molar refractivity (Wildman–Crippen MR) is 79.9 cm³/mol. The first-order chi connectivity index (χ1) is 9.69. The number of nitrogens with zero attached hydrogens (tertiary/aromatic N) is 2. The molecule has 0 aliphatic carbocycles. The van der Waals surface area contributed by atoms with E-state index in [1.807, 2.05) is 30.3 Å². The summed E-state index contributed by atoms with van der Waals surface area (Å²) in [7, 11) is 0. The van der Waals surface area contributed by atoms with Gasteiger partial charge in [0.25, 0.3) is 5.91 Å². The Kier molecular flexibility index (Phi) is 4.44. The largest absolute Gasteiger partial charge is 0.366 e. The van der Waals surface area contributed by atoms with Crippen molar-refractivity contribution in [3.8, 4) is 0 Å². The van der Waals surface area contributed by atoms with Crippen LogP contribution in [0.1, 0.15) is 16.3 Å². The van der Waals surface area contributed by atoms with Crippen molar-refractivity contribution in [1.82, 2.24) is 9.97 Å². The molecular formula is C15H16N4O. The zero-order chi connectivity index (χ0) is 14.4. The Hall–Kier alpha value is -2.69. The van der Waals surface area contributed by atoms with E-state index in [0.717, 1.165) is 5.69 Å². The molecule has 2 rings (SSSR count). The molecule has 5 nitrogen and oxygen atoms in total. The van der Waals surface area contributed by atoms with Crippen LogP contribution in [0.3, 0.4) is 0 Å². The fourth-order valence-electron chi connectivity index (χ4n) is 1.67. The first-order valence-corrected chi connectivity index (χ1v) is 6.26. The molecule has 1 heterocycles. The minimum Gasteiger partial charge on any atom is -0.366 e. The molecule has 2 aromatic rings. The summed E-state index contributed by atoms with van der Waals surface area (Å²) >= 11 is 0. The van der Waals surface area contributed by atoms with Crippen LogP contribution in [0.2, 0.25) is 0 Å². The number of hydrogen-bond donors (Lipinski definition) is 2. The third-order valence-electron chi connectivity index (χ3n) is 2.53. The van der Waals surface area contributed by atoms with Crippen molar-refractivity contribution in [2.45, 2.75) is 6.92 Å². The highest BCUT2D eigenvalue weighted by molar-refractivity contribution is 6.03. The predicted octanol–water partition coefficient (Wildman–Crippen LogP) is 2.64. The molecule has 0 unspecified atom stereocenters. The van der Waals surface area contributed by atoms with Crippen LogP contribution in [-0.2, 0) is 0 Å². The van der Waals surface area contributed by atoms with Gasteiger partial charge in [-0.3, -0.25) is 4.79 Å². The lowest BCUT2D eigenvalue weighted by Crippen LogP contribution is -2.15. The second-order valence-electron chi connectivity index (χ2n) is 4.18. The SMILES string of the molecule is C=CCNc1cc(C(=O)Nc2ccccc2)nc(C)n1. The van der Waals surface area contributed by atoms with Gasteiger partial charge in [-0.15, -0.1) is 6.58 Å². The summed E-state index contributed by atoms with van der Waals surface area (Å²) in [6.07, 6.45) is 1.72. The smallest absolute Gasteiger partial charge is 0.274 e. The van der Waals surface area contributed by atoms with E-state index in [2.05, 4.69) is 27.2 Å². The maximum Gasteiger partial charge on any atom is 0.274 e. The van der Waals surface area contributed by atoms with Gasteiger partial charge in [-0.25, -0.2) is 9.97 Å². The molecule has 0 spiro atoms. The summed E-state index contributed by atoms with van der Waals surface area (Å²) < 4.78 is 0. The standard InChI is InChI=1S/C15H16N4O/c1-3-9-16-14-10-13(17-11(2)18-14)15(20)19-12-7-5-4-6-8-12/h3-8,10H,1,9H2,2H3,(H,19,20)(H,16,17,18). The average molecular weight is 268 g/mol. The van der Waals surface area contributed by atoms with Crippen molar-refractivity contribution >= 4 is 17.4 Å². The van der Waals surface area contributed by atoms with Crippen LogP contribution in [0.5, 0.6) is 0 Å². The molecule has 0 aliphatic rings. The number of amides is 1. The number of carbonyl (C=O) groups excluding carboxylic acids is 1. The summed E-state index contributed by atoms with van der Waals surface area (Å²) in [5.41, 5.74) is 1.06. The van der Waals surface area contributed by atoms with E-state index < -0.39 is 0 Å². The van der Waals surface area contributed by atoms with Crippen molar-refractivity contribution < 1.29 is 4.79 Å². The van der Waals surface area contributed by atoms with Crippen LogP contribution in [0, 0.1) is 6.92 Å². The zero-order valence-electron chi connectivity index (χ0n) is 11.3. The molecule has 1 aromatic heterocycles. The fourth-order valence-corrected chi connectivity index (χ4v) is 1.67. The Balaban J connectivity index is 2.16. The van der Waals surface area contributed by atoms with Crippen molar-refractivity contribution in [2.75, 3.05) is 17.2 Å². The lowest BCUT2D eigenvalue weighted by Gasteiger charge is -2.08. The molecule has 0 atom stereocenters. The number of benzene rings is 1. The van der Waals surface area contributed by atoms with E-state index in [9.17, 15) is 4.79 Å². The minimum atomic E-state index is -0.261. The van der Waals surface area contributed by atoms with Gasteiger partial charge in [-0.1, -0.05) is 24.3 Å². The second-order valence-corrected chi connectivity index (χ2v) is 4.18. The monoisotopic (exact) mass is 268 g/mol. The molecule has 1 aromatic carbocycles. The Labute approximate surface area is 117 Å². The van der Waals surface area contributed by atoms with Gasteiger partial charge in [0.05, 0.1) is 0 Å². The van der Waals surface area contributed by atoms with Gasteiger partial charge in [-0.2, -0.15) is 0 Å². The lowest BCUT2D eigenvalue weighted by atomic mass is 10.3. The van der Waals surface area contributed by atoms with Gasteiger partial charge >= 0.3 is 0 Å². The van der Waals surface area contributed by atoms with E-state index in [-0.39, 0.29) is 5.91 Å². The van der Waals surface area contributed by atoms with E-state index >= 15 is 0 Å². The van der Waals surface area contributed by atoms with Gasteiger partial charge < -0.3 is 10.6 Å². The number of anilines is 2. The van der Waals surface area contributed by atoms with Gasteiger partial charge in [-0.05, 0) is 19.1 Å². The van der Waals surface area contributed by atoms with E-state index in [1.54, 1.807) is 19.1 Å². The number of carbonyl (C=O) groups is 1. The Morgan fingerprint density at radius 1 is 1.30 bits per heavy atom. The summed E-state index contributed by atoms with van der Waals surface area (Å²) in [6, 6.07) is 10.9. The van der Waals surface area contributed by atoms with E-state index in [4.69, 9.17) is 0 Å². The van der Waals surface area contributed by atoms with Crippen molar-refractivity contribution in [3.63, 3.8) is 0 Å². The highest BCUT2D eigenvalue weighted by Gasteiger charge is 2.10. The number of hydrogen-bond acceptors (Lipinski definition) is 4. The van der Waals surface area contributed by atoms with Crippen molar-refractivity contribution in [3.05, 3.63) is 60.6 Å². The summed E-state index contributed by atoms with van der Waals surface area (Å²) in [5, 5.41) is 5.84. The fraction of sp³-hybridized carbons (Fsp3) is 0.133. The number of aromatic nitrogens is 2. The summed E-state index contributed by atoms with van der Waals surface area (Å²) in [5.74, 6) is 0.885. The minimum absolute atomic E-state index is 0.261. The van der Waals surface area contributed by atoms with Gasteiger partial charge in [0.15, 0.2) is 0 Å². The van der Waals surface area contributed by atoms with E-state index in [1.165, 1.54) is 0 Å². The highest BCUT2D eigenvalue weighted by Crippen LogP contribution is 2.10. The molecule has 20 heavy (non-hydrogen) atoms. The zero-order valence-corrected chi connectivity index (χ0v) is 11.3. The maximum atomic E-state index is 12.1. The van der Waals surface area contributed by atoms with Crippen molar-refractivity contribution in [2.24, 2.45) is 0 Å². The quantitative estimate of drug-likeness (QED) is 0.818. The number of nitrogens with one attached hydrogen (secondary N) is 2. The molecule has 0 aliphatic heterocycles. The normalized spacial score (nSPS) is 9.85. The molecule has 0 bridgehead atoms. The molecule has 102 valence electrons. The Morgan fingerprint density at radius 3 is 2.75 bits per heavy atom. The van der Waals surface area contributed by atoms with Crippen LogP contribution in [-0.4, -0.2) is 22.4 Å². The van der Waals surface area contributed by atoms with E-state index in [0.29, 0.717) is 23.9 Å². The third kappa shape index (κ3) is 3.65. The molecular weight excluding hydrogens is 252 g/mol. The van der Waals surface area contributed by atoms with Gasteiger partial charge in [0, 0.05) is 18.3 Å². The van der Waals surface area contributed by atoms with Crippen molar-refractivity contribution in [1.29, 1.82) is 0 Å². The summed E-state index contributed by atoms with van der Waals surface area (Å²) in [6.45, 7) is 5.95. The highest BCUT2D eigenvalue weighted by atomic mass is 16.1. The molecule has 1 amide bonds. The average Bonchev–Trinajstić information content (AvgIpc) is 2.45. The third-order valence-corrected chi connectivity index (χ3v) is 2.53. The number of aryl methyl sites for hydroxylation is 1. The van der Waals surface area contributed by atoms with Crippen LogP contribution in [0.15, 0.2) is 49.1 Å². The molecule has 0 radical (unpaired) electrons. The Morgan fingerprint density at radius 2 is 2.05 bits per heavy atom. The van der Waals surface area contributed by atoms with Crippen LogP contribution < -0.4 is 10.6 Å². The summed E-state index contributed by atoms with van der Waals surface area (Å²) in [4.78, 5) is 20.5. The Bertz CT molecular complexity index is 611. The molecule has 0 saturated heterocycles. The van der Waals surface area contributed by atoms with Crippen LogP contribution in [0.25, 0.3) is 0 Å². The van der Waals surface area contributed by atoms with Crippen LogP contribution >= 0.6 is 0 Å². The molecule has 0 saturated carbocycles. The first-order valence-electron chi connectivity index (χ1n) is 6.26.